The number of nitrogens with zero attached hydrogens (tertiary/aromatic N) is 2. The summed E-state index contributed by atoms with van der Waals surface area (Å²) < 4.78 is 6.01. The van der Waals surface area contributed by atoms with Crippen molar-refractivity contribution >= 4 is 22.6 Å². The largest absolute Gasteiger partial charge is 0.490 e. The zero-order valence-electron chi connectivity index (χ0n) is 9.40. The summed E-state index contributed by atoms with van der Waals surface area (Å²) in [7, 11) is 0. The first-order valence-corrected chi connectivity index (χ1v) is 6.28. The summed E-state index contributed by atoms with van der Waals surface area (Å²) in [4.78, 5) is 8.39. The Labute approximate surface area is 105 Å². The summed E-state index contributed by atoms with van der Waals surface area (Å²) >= 11 is 5.85. The molecule has 2 aromatic heterocycles. The molecule has 3 rings (SSSR count). The van der Waals surface area contributed by atoms with Crippen LogP contribution < -0.4 is 4.74 Å². The van der Waals surface area contributed by atoms with E-state index in [9.17, 15) is 0 Å². The summed E-state index contributed by atoms with van der Waals surface area (Å²) in [5.74, 6) is 0.867. The van der Waals surface area contributed by atoms with Crippen LogP contribution in [0.25, 0.3) is 11.0 Å². The number of aromatic nitrogens is 2. The van der Waals surface area contributed by atoms with Gasteiger partial charge in [-0.1, -0.05) is 11.6 Å². The number of hydrogen-bond acceptors (Lipinski definition) is 3. The second-order valence-corrected chi connectivity index (χ2v) is 4.73. The van der Waals surface area contributed by atoms with Crippen LogP contribution in [-0.4, -0.2) is 16.1 Å². The quantitative estimate of drug-likeness (QED) is 0.762. The average molecular weight is 249 g/mol. The Morgan fingerprint density at radius 3 is 2.82 bits per heavy atom. The number of pyridine rings is 2. The molecule has 1 fully saturated rings. The third-order valence-corrected chi connectivity index (χ3v) is 3.34. The van der Waals surface area contributed by atoms with Crippen molar-refractivity contribution in [3.63, 3.8) is 0 Å². The average Bonchev–Trinajstić information content (AvgIpc) is 2.82. The van der Waals surface area contributed by atoms with Gasteiger partial charge in [-0.15, -0.1) is 0 Å². The minimum absolute atomic E-state index is 0.344. The molecule has 1 aliphatic carbocycles. The van der Waals surface area contributed by atoms with Crippen LogP contribution in [0.4, 0.5) is 0 Å². The van der Waals surface area contributed by atoms with Crippen LogP contribution in [0.5, 0.6) is 5.75 Å². The molecule has 0 radical (unpaired) electrons. The van der Waals surface area contributed by atoms with E-state index in [4.69, 9.17) is 16.3 Å². The lowest BCUT2D eigenvalue weighted by molar-refractivity contribution is 0.212. The molecule has 3 nitrogen and oxygen atoms in total. The summed E-state index contributed by atoms with van der Waals surface area (Å²) in [6.45, 7) is 0. The zero-order valence-corrected chi connectivity index (χ0v) is 10.2. The Balaban J connectivity index is 1.97. The minimum atomic E-state index is 0.344. The molecule has 0 bridgehead atoms. The maximum atomic E-state index is 6.01. The van der Waals surface area contributed by atoms with Crippen LogP contribution in [0.3, 0.4) is 0 Å². The highest BCUT2D eigenvalue weighted by Gasteiger charge is 2.17. The van der Waals surface area contributed by atoms with E-state index in [0.29, 0.717) is 16.9 Å². The molecule has 2 aromatic rings. The number of fused-ring (bicyclic) bond motifs is 1. The van der Waals surface area contributed by atoms with E-state index < -0.39 is 0 Å². The van der Waals surface area contributed by atoms with Crippen LogP contribution in [-0.2, 0) is 0 Å². The molecule has 0 N–H and O–H groups in total. The van der Waals surface area contributed by atoms with Crippen molar-refractivity contribution in [2.75, 3.05) is 0 Å². The van der Waals surface area contributed by atoms with Gasteiger partial charge in [0.2, 0.25) is 0 Å². The van der Waals surface area contributed by atoms with Crippen LogP contribution in [0.1, 0.15) is 25.7 Å². The molecule has 0 atom stereocenters. The predicted octanol–water partition coefficient (Wildman–Crippen LogP) is 3.60. The van der Waals surface area contributed by atoms with Crippen molar-refractivity contribution in [3.05, 3.63) is 29.5 Å². The monoisotopic (exact) mass is 248 g/mol. The Morgan fingerprint density at radius 1 is 1.18 bits per heavy atom. The fraction of sp³-hybridized carbons (Fsp3) is 0.385. The second-order valence-electron chi connectivity index (χ2n) is 4.34. The summed E-state index contributed by atoms with van der Waals surface area (Å²) in [5.41, 5.74) is 0.646. The van der Waals surface area contributed by atoms with Gasteiger partial charge >= 0.3 is 0 Å². The normalized spacial score (nSPS) is 16.5. The molecule has 88 valence electrons. The lowest BCUT2D eigenvalue weighted by atomic mass is 10.2. The van der Waals surface area contributed by atoms with Gasteiger partial charge in [0.05, 0.1) is 11.5 Å². The van der Waals surface area contributed by atoms with Gasteiger partial charge in [0, 0.05) is 6.20 Å². The third-order valence-electron chi connectivity index (χ3n) is 3.13. The number of hydrogen-bond donors (Lipinski definition) is 0. The highest BCUT2D eigenvalue weighted by Crippen LogP contribution is 2.29. The second kappa shape index (κ2) is 4.49. The maximum Gasteiger partial charge on any atom is 0.164 e. The minimum Gasteiger partial charge on any atom is -0.490 e. The SMILES string of the molecule is Clc1ccc2c(OC3CCCC3)ccnc2n1. The summed E-state index contributed by atoms with van der Waals surface area (Å²) in [5, 5.41) is 1.40. The smallest absolute Gasteiger partial charge is 0.164 e. The van der Waals surface area contributed by atoms with Crippen molar-refractivity contribution in [2.45, 2.75) is 31.8 Å². The van der Waals surface area contributed by atoms with Gasteiger partial charge in [-0.05, 0) is 43.9 Å². The van der Waals surface area contributed by atoms with Crippen molar-refractivity contribution < 1.29 is 4.74 Å². The summed E-state index contributed by atoms with van der Waals surface area (Å²) in [6.07, 6.45) is 6.87. The van der Waals surface area contributed by atoms with E-state index >= 15 is 0 Å². The van der Waals surface area contributed by atoms with Crippen LogP contribution >= 0.6 is 11.6 Å². The predicted molar refractivity (Wildman–Crippen MR) is 67.4 cm³/mol. The van der Waals surface area contributed by atoms with E-state index in [1.165, 1.54) is 12.8 Å². The molecule has 2 heterocycles. The van der Waals surface area contributed by atoms with Crippen LogP contribution in [0.15, 0.2) is 24.4 Å². The number of halogens is 1. The molecular formula is C13H13ClN2O. The molecule has 0 unspecified atom stereocenters. The van der Waals surface area contributed by atoms with Gasteiger partial charge < -0.3 is 4.74 Å². The third kappa shape index (κ3) is 2.20. The lowest BCUT2D eigenvalue weighted by Gasteiger charge is -2.14. The Bertz CT molecular complexity index is 538. The van der Waals surface area contributed by atoms with Gasteiger partial charge in [-0.2, -0.15) is 0 Å². The van der Waals surface area contributed by atoms with Gasteiger partial charge in [0.1, 0.15) is 10.9 Å². The van der Waals surface area contributed by atoms with Gasteiger partial charge in [0.25, 0.3) is 0 Å². The summed E-state index contributed by atoms with van der Waals surface area (Å²) in [6, 6.07) is 5.59. The van der Waals surface area contributed by atoms with E-state index in [1.54, 1.807) is 12.3 Å². The molecule has 1 saturated carbocycles. The first-order chi connectivity index (χ1) is 8.33. The lowest BCUT2D eigenvalue weighted by Crippen LogP contribution is -2.11. The molecule has 0 aromatic carbocycles. The molecule has 0 spiro atoms. The van der Waals surface area contributed by atoms with Gasteiger partial charge in [-0.3, -0.25) is 0 Å². The molecule has 4 heteroatoms. The van der Waals surface area contributed by atoms with Crippen molar-refractivity contribution in [2.24, 2.45) is 0 Å². The topological polar surface area (TPSA) is 35.0 Å². The Morgan fingerprint density at radius 2 is 2.00 bits per heavy atom. The standard InChI is InChI=1S/C13H13ClN2O/c14-12-6-5-10-11(7-8-15-13(10)16-12)17-9-3-1-2-4-9/h5-9H,1-4H2. The van der Waals surface area contributed by atoms with Crippen LogP contribution in [0.2, 0.25) is 5.15 Å². The number of ether oxygens (including phenoxy) is 1. The van der Waals surface area contributed by atoms with E-state index in [2.05, 4.69) is 9.97 Å². The fourth-order valence-corrected chi connectivity index (χ4v) is 2.41. The van der Waals surface area contributed by atoms with Crippen molar-refractivity contribution in [1.82, 2.24) is 9.97 Å². The van der Waals surface area contributed by atoms with E-state index in [-0.39, 0.29) is 0 Å². The maximum absolute atomic E-state index is 6.01. The van der Waals surface area contributed by atoms with E-state index in [1.807, 2.05) is 12.1 Å². The van der Waals surface area contributed by atoms with Crippen molar-refractivity contribution in [1.29, 1.82) is 0 Å². The van der Waals surface area contributed by atoms with Crippen LogP contribution in [0, 0.1) is 0 Å². The first kappa shape index (κ1) is 10.8. The molecular weight excluding hydrogens is 236 g/mol. The van der Waals surface area contributed by atoms with Gasteiger partial charge in [0.15, 0.2) is 5.65 Å². The molecule has 0 aliphatic heterocycles. The fourth-order valence-electron chi connectivity index (χ4n) is 2.27. The van der Waals surface area contributed by atoms with Crippen molar-refractivity contribution in [3.8, 4) is 5.75 Å². The van der Waals surface area contributed by atoms with Gasteiger partial charge in [-0.25, -0.2) is 9.97 Å². The Kier molecular flexibility index (Phi) is 2.85. The molecule has 0 saturated heterocycles. The van der Waals surface area contributed by atoms with E-state index in [0.717, 1.165) is 24.0 Å². The highest BCUT2D eigenvalue weighted by atomic mass is 35.5. The highest BCUT2D eigenvalue weighted by molar-refractivity contribution is 6.29. The number of rotatable bonds is 2. The molecule has 17 heavy (non-hydrogen) atoms. The first-order valence-electron chi connectivity index (χ1n) is 5.91. The molecule has 1 aliphatic rings. The molecule has 0 amide bonds. The zero-order chi connectivity index (χ0) is 11.7. The Hall–Kier alpha value is -1.35.